The van der Waals surface area contributed by atoms with E-state index < -0.39 is 0 Å². The molecule has 2 aromatic rings. The number of pyridine rings is 1. The van der Waals surface area contributed by atoms with E-state index in [0.29, 0.717) is 12.5 Å². The summed E-state index contributed by atoms with van der Waals surface area (Å²) in [4.78, 5) is 9.13. The first-order valence-corrected chi connectivity index (χ1v) is 9.42. The van der Waals surface area contributed by atoms with Crippen molar-refractivity contribution in [3.05, 3.63) is 60.4 Å². The molecule has 0 amide bonds. The molecular formula is C21H31N5. The van der Waals surface area contributed by atoms with Gasteiger partial charge in [0.25, 0.3) is 0 Å². The van der Waals surface area contributed by atoms with Crippen molar-refractivity contribution >= 4 is 11.6 Å². The van der Waals surface area contributed by atoms with E-state index in [1.165, 1.54) is 0 Å². The largest absolute Gasteiger partial charge is 0.380 e. The molecule has 1 aromatic carbocycles. The lowest BCUT2D eigenvalue weighted by molar-refractivity contribution is 0.530. The summed E-state index contributed by atoms with van der Waals surface area (Å²) in [7, 11) is 0. The number of aromatic nitrogens is 1. The predicted molar refractivity (Wildman–Crippen MR) is 111 cm³/mol. The van der Waals surface area contributed by atoms with Crippen LogP contribution in [0.1, 0.15) is 26.5 Å². The van der Waals surface area contributed by atoms with Crippen LogP contribution in [0.4, 0.5) is 5.69 Å². The summed E-state index contributed by atoms with van der Waals surface area (Å²) in [6.07, 6.45) is 2.71. The van der Waals surface area contributed by atoms with Crippen LogP contribution in [-0.4, -0.2) is 36.6 Å². The van der Waals surface area contributed by atoms with Crippen molar-refractivity contribution in [2.45, 2.75) is 33.2 Å². The molecule has 0 saturated heterocycles. The number of rotatable bonds is 9. The number of nitrogens with zero attached hydrogens (tertiary/aromatic N) is 2. The Labute approximate surface area is 157 Å². The van der Waals surface area contributed by atoms with Crippen LogP contribution < -0.4 is 16.0 Å². The number of hydrogen-bond donors (Lipinski definition) is 3. The molecule has 1 aromatic heterocycles. The third-order valence-electron chi connectivity index (χ3n) is 4.12. The van der Waals surface area contributed by atoms with Crippen LogP contribution >= 0.6 is 0 Å². The second-order valence-corrected chi connectivity index (χ2v) is 6.58. The minimum atomic E-state index is 0.281. The molecule has 5 nitrogen and oxygen atoms in total. The SMILES string of the molecule is CCNC(=NCC(Nc1ccccc1)C(C)C)NCCc1ccccn1. The second-order valence-electron chi connectivity index (χ2n) is 6.58. The molecule has 0 spiro atoms. The summed E-state index contributed by atoms with van der Waals surface area (Å²) < 4.78 is 0. The number of nitrogens with one attached hydrogen (secondary N) is 3. The van der Waals surface area contributed by atoms with Gasteiger partial charge in [0.2, 0.25) is 0 Å². The second kappa shape index (κ2) is 11.1. The lowest BCUT2D eigenvalue weighted by Crippen LogP contribution is -2.40. The average Bonchev–Trinajstić information content (AvgIpc) is 2.66. The lowest BCUT2D eigenvalue weighted by atomic mass is 10.0. The predicted octanol–water partition coefficient (Wildman–Crippen LogP) is 3.32. The van der Waals surface area contributed by atoms with Crippen LogP contribution in [0.15, 0.2) is 59.7 Å². The quantitative estimate of drug-likeness (QED) is 0.478. The molecule has 0 aliphatic heterocycles. The fourth-order valence-electron chi connectivity index (χ4n) is 2.56. The van der Waals surface area contributed by atoms with Gasteiger partial charge in [-0.1, -0.05) is 38.1 Å². The summed E-state index contributed by atoms with van der Waals surface area (Å²) >= 11 is 0. The zero-order valence-corrected chi connectivity index (χ0v) is 16.1. The number of benzene rings is 1. The summed E-state index contributed by atoms with van der Waals surface area (Å²) in [6.45, 7) is 8.88. The molecule has 0 bridgehead atoms. The maximum absolute atomic E-state index is 4.77. The maximum atomic E-state index is 4.77. The molecule has 26 heavy (non-hydrogen) atoms. The lowest BCUT2D eigenvalue weighted by Gasteiger charge is -2.22. The Morgan fingerprint density at radius 2 is 1.81 bits per heavy atom. The Kier molecular flexibility index (Phi) is 8.46. The highest BCUT2D eigenvalue weighted by atomic mass is 15.2. The molecule has 0 fully saturated rings. The van der Waals surface area contributed by atoms with E-state index in [9.17, 15) is 0 Å². The molecule has 0 radical (unpaired) electrons. The Bertz CT molecular complexity index is 640. The summed E-state index contributed by atoms with van der Waals surface area (Å²) in [6, 6.07) is 16.6. The Morgan fingerprint density at radius 3 is 2.46 bits per heavy atom. The molecule has 1 unspecified atom stereocenters. The van der Waals surface area contributed by atoms with Crippen LogP contribution in [0.2, 0.25) is 0 Å². The molecule has 5 heteroatoms. The first-order valence-electron chi connectivity index (χ1n) is 9.42. The van der Waals surface area contributed by atoms with E-state index in [1.807, 2.05) is 42.6 Å². The van der Waals surface area contributed by atoms with E-state index >= 15 is 0 Å². The van der Waals surface area contributed by atoms with Crippen LogP contribution in [0.3, 0.4) is 0 Å². The van der Waals surface area contributed by atoms with Gasteiger partial charge in [-0.2, -0.15) is 0 Å². The van der Waals surface area contributed by atoms with E-state index in [4.69, 9.17) is 4.99 Å². The zero-order chi connectivity index (χ0) is 18.6. The van der Waals surface area contributed by atoms with Gasteiger partial charge >= 0.3 is 0 Å². The monoisotopic (exact) mass is 353 g/mol. The van der Waals surface area contributed by atoms with Crippen LogP contribution in [0.25, 0.3) is 0 Å². The van der Waals surface area contributed by atoms with Crippen LogP contribution in [-0.2, 0) is 6.42 Å². The first-order chi connectivity index (χ1) is 12.7. The standard InChI is InChI=1S/C21H31N5/c1-4-22-21(24-15-13-18-10-8-9-14-23-18)25-16-20(17(2)3)26-19-11-6-5-7-12-19/h5-12,14,17,20,26H,4,13,15-16H2,1-3H3,(H2,22,24,25). The normalized spacial score (nSPS) is 12.7. The third kappa shape index (κ3) is 7.13. The number of hydrogen-bond acceptors (Lipinski definition) is 3. The van der Waals surface area contributed by atoms with Crippen molar-refractivity contribution < 1.29 is 0 Å². The molecule has 140 valence electrons. The molecule has 1 heterocycles. The topological polar surface area (TPSA) is 61.3 Å². The van der Waals surface area contributed by atoms with Crippen LogP contribution in [0.5, 0.6) is 0 Å². The van der Waals surface area contributed by atoms with Gasteiger partial charge in [0, 0.05) is 43.1 Å². The van der Waals surface area contributed by atoms with Crippen molar-refractivity contribution in [3.63, 3.8) is 0 Å². The van der Waals surface area contributed by atoms with Crippen LogP contribution in [0, 0.1) is 5.92 Å². The Hall–Kier alpha value is -2.56. The minimum Gasteiger partial charge on any atom is -0.380 e. The highest BCUT2D eigenvalue weighted by Gasteiger charge is 2.13. The molecule has 0 aliphatic carbocycles. The molecule has 0 aliphatic rings. The van der Waals surface area contributed by atoms with Crippen molar-refractivity contribution in [1.29, 1.82) is 0 Å². The van der Waals surface area contributed by atoms with Gasteiger partial charge in [-0.05, 0) is 37.1 Å². The summed E-state index contributed by atoms with van der Waals surface area (Å²) in [5.74, 6) is 1.33. The van der Waals surface area contributed by atoms with Crippen molar-refractivity contribution in [2.75, 3.05) is 25.0 Å². The number of aliphatic imine (C=N–C) groups is 1. The highest BCUT2D eigenvalue weighted by Crippen LogP contribution is 2.12. The van der Waals surface area contributed by atoms with Gasteiger partial charge < -0.3 is 16.0 Å². The molecule has 0 saturated carbocycles. The Morgan fingerprint density at radius 1 is 1.04 bits per heavy atom. The van der Waals surface area contributed by atoms with E-state index in [-0.39, 0.29) is 6.04 Å². The summed E-state index contributed by atoms with van der Waals surface area (Å²) in [5, 5.41) is 10.3. The maximum Gasteiger partial charge on any atom is 0.191 e. The van der Waals surface area contributed by atoms with Crippen molar-refractivity contribution in [3.8, 4) is 0 Å². The highest BCUT2D eigenvalue weighted by molar-refractivity contribution is 5.79. The van der Waals surface area contributed by atoms with E-state index in [0.717, 1.165) is 36.9 Å². The fourth-order valence-corrected chi connectivity index (χ4v) is 2.56. The van der Waals surface area contributed by atoms with Gasteiger partial charge in [-0.3, -0.25) is 9.98 Å². The number of guanidine groups is 1. The van der Waals surface area contributed by atoms with E-state index in [1.54, 1.807) is 0 Å². The summed E-state index contributed by atoms with van der Waals surface area (Å²) in [5.41, 5.74) is 2.22. The third-order valence-corrected chi connectivity index (χ3v) is 4.12. The Balaban J connectivity index is 1.90. The zero-order valence-electron chi connectivity index (χ0n) is 16.1. The number of para-hydroxylation sites is 1. The molecule has 2 rings (SSSR count). The average molecular weight is 354 g/mol. The smallest absolute Gasteiger partial charge is 0.191 e. The van der Waals surface area contributed by atoms with Gasteiger partial charge in [-0.25, -0.2) is 0 Å². The van der Waals surface area contributed by atoms with Gasteiger partial charge in [0.05, 0.1) is 6.54 Å². The molecule has 3 N–H and O–H groups in total. The minimum absolute atomic E-state index is 0.281. The van der Waals surface area contributed by atoms with Crippen molar-refractivity contribution in [2.24, 2.45) is 10.9 Å². The fraction of sp³-hybridized carbons (Fsp3) is 0.429. The van der Waals surface area contributed by atoms with Gasteiger partial charge in [-0.15, -0.1) is 0 Å². The number of anilines is 1. The van der Waals surface area contributed by atoms with Crippen molar-refractivity contribution in [1.82, 2.24) is 15.6 Å². The first kappa shape index (κ1) is 19.8. The van der Waals surface area contributed by atoms with Gasteiger partial charge in [0.15, 0.2) is 5.96 Å². The van der Waals surface area contributed by atoms with E-state index in [2.05, 4.69) is 53.8 Å². The van der Waals surface area contributed by atoms with Gasteiger partial charge in [0.1, 0.15) is 0 Å². The molecule has 1 atom stereocenters. The molecular weight excluding hydrogens is 322 g/mol.